The van der Waals surface area contributed by atoms with Crippen LogP contribution in [0.25, 0.3) is 5.82 Å². The molecule has 7 heteroatoms. The third-order valence-corrected chi connectivity index (χ3v) is 3.07. The van der Waals surface area contributed by atoms with Crippen molar-refractivity contribution in [3.05, 3.63) is 66.2 Å². The average Bonchev–Trinajstić information content (AvgIpc) is 3.08. The molecule has 3 aromatic rings. The lowest BCUT2D eigenvalue weighted by Gasteiger charge is -2.07. The normalized spacial score (nSPS) is 10.4. The van der Waals surface area contributed by atoms with Gasteiger partial charge in [-0.3, -0.25) is 4.79 Å². The standard InChI is InChI=1S/C15H14N6O/c16-15(22)12-4-6-17-13(8-12)18-9-11-2-3-14(19-10-11)21-7-1-5-20-21/h1-8,10H,9H2,(H2,16,22)(H,17,18). The second-order valence-corrected chi connectivity index (χ2v) is 4.62. The summed E-state index contributed by atoms with van der Waals surface area (Å²) in [5, 5.41) is 7.25. The minimum atomic E-state index is -0.476. The first kappa shape index (κ1) is 13.7. The molecule has 3 rings (SSSR count). The summed E-state index contributed by atoms with van der Waals surface area (Å²) in [6, 6.07) is 8.88. The average molecular weight is 294 g/mol. The van der Waals surface area contributed by atoms with Gasteiger partial charge in [0.05, 0.1) is 0 Å². The summed E-state index contributed by atoms with van der Waals surface area (Å²) >= 11 is 0. The van der Waals surface area contributed by atoms with Crippen LogP contribution < -0.4 is 11.1 Å². The van der Waals surface area contributed by atoms with Crippen molar-refractivity contribution in [1.82, 2.24) is 19.7 Å². The quantitative estimate of drug-likeness (QED) is 0.740. The number of rotatable bonds is 5. The monoisotopic (exact) mass is 294 g/mol. The molecule has 1 amide bonds. The molecule has 0 atom stereocenters. The van der Waals surface area contributed by atoms with Crippen LogP contribution in [0.1, 0.15) is 15.9 Å². The predicted octanol–water partition coefficient (Wildman–Crippen LogP) is 1.37. The number of hydrogen-bond acceptors (Lipinski definition) is 5. The Morgan fingerprint density at radius 2 is 2.14 bits per heavy atom. The maximum Gasteiger partial charge on any atom is 0.248 e. The maximum absolute atomic E-state index is 11.1. The Balaban J connectivity index is 1.66. The van der Waals surface area contributed by atoms with E-state index in [1.165, 1.54) is 0 Å². The van der Waals surface area contributed by atoms with Crippen molar-refractivity contribution in [2.24, 2.45) is 5.73 Å². The van der Waals surface area contributed by atoms with Crippen LogP contribution in [0.2, 0.25) is 0 Å². The van der Waals surface area contributed by atoms with Gasteiger partial charge in [0.2, 0.25) is 5.91 Å². The molecule has 0 fully saturated rings. The van der Waals surface area contributed by atoms with Crippen LogP contribution in [-0.4, -0.2) is 25.7 Å². The molecule has 0 aliphatic rings. The number of nitrogens with zero attached hydrogens (tertiary/aromatic N) is 4. The Morgan fingerprint density at radius 3 is 2.82 bits per heavy atom. The number of aromatic nitrogens is 4. The molecule has 0 saturated carbocycles. The van der Waals surface area contributed by atoms with Crippen LogP contribution in [0.4, 0.5) is 5.82 Å². The molecule has 110 valence electrons. The Morgan fingerprint density at radius 1 is 1.23 bits per heavy atom. The minimum Gasteiger partial charge on any atom is -0.366 e. The van der Waals surface area contributed by atoms with Gasteiger partial charge in [0.1, 0.15) is 5.82 Å². The van der Waals surface area contributed by atoms with E-state index in [2.05, 4.69) is 20.4 Å². The second-order valence-electron chi connectivity index (χ2n) is 4.62. The molecule has 0 aromatic carbocycles. The largest absolute Gasteiger partial charge is 0.366 e. The van der Waals surface area contributed by atoms with E-state index in [9.17, 15) is 4.79 Å². The van der Waals surface area contributed by atoms with Gasteiger partial charge in [-0.1, -0.05) is 6.07 Å². The van der Waals surface area contributed by atoms with Gasteiger partial charge in [-0.25, -0.2) is 14.6 Å². The molecule has 3 aromatic heterocycles. The minimum absolute atomic E-state index is 0.421. The smallest absolute Gasteiger partial charge is 0.248 e. The van der Waals surface area contributed by atoms with Crippen molar-refractivity contribution in [2.75, 3.05) is 5.32 Å². The highest BCUT2D eigenvalue weighted by molar-refractivity contribution is 5.93. The Labute approximate surface area is 126 Å². The summed E-state index contributed by atoms with van der Waals surface area (Å²) < 4.78 is 1.69. The lowest BCUT2D eigenvalue weighted by molar-refractivity contribution is 0.1000. The van der Waals surface area contributed by atoms with Gasteiger partial charge in [0, 0.05) is 36.9 Å². The van der Waals surface area contributed by atoms with E-state index in [4.69, 9.17) is 5.73 Å². The molecule has 22 heavy (non-hydrogen) atoms. The van der Waals surface area contributed by atoms with Crippen molar-refractivity contribution in [1.29, 1.82) is 0 Å². The third kappa shape index (κ3) is 3.09. The summed E-state index contributed by atoms with van der Waals surface area (Å²) in [4.78, 5) is 19.6. The topological polar surface area (TPSA) is 98.7 Å². The summed E-state index contributed by atoms with van der Waals surface area (Å²) in [6.45, 7) is 0.543. The summed E-state index contributed by atoms with van der Waals surface area (Å²) in [5.41, 5.74) is 6.65. The van der Waals surface area contributed by atoms with E-state index in [0.717, 1.165) is 11.4 Å². The van der Waals surface area contributed by atoms with Crippen molar-refractivity contribution in [3.63, 3.8) is 0 Å². The highest BCUT2D eigenvalue weighted by Crippen LogP contribution is 2.09. The fraction of sp³-hybridized carbons (Fsp3) is 0.0667. The SMILES string of the molecule is NC(=O)c1ccnc(NCc2ccc(-n3cccn3)nc2)c1. The van der Waals surface area contributed by atoms with E-state index >= 15 is 0 Å². The van der Waals surface area contributed by atoms with E-state index in [1.54, 1.807) is 35.4 Å². The molecule has 7 nitrogen and oxygen atoms in total. The van der Waals surface area contributed by atoms with Gasteiger partial charge >= 0.3 is 0 Å². The van der Waals surface area contributed by atoms with Crippen molar-refractivity contribution in [3.8, 4) is 5.82 Å². The summed E-state index contributed by atoms with van der Waals surface area (Å²) in [5.74, 6) is 0.866. The van der Waals surface area contributed by atoms with E-state index in [0.29, 0.717) is 17.9 Å². The molecule has 3 heterocycles. The summed E-state index contributed by atoms with van der Waals surface area (Å²) in [6.07, 6.45) is 6.84. The van der Waals surface area contributed by atoms with Crippen molar-refractivity contribution in [2.45, 2.75) is 6.54 Å². The van der Waals surface area contributed by atoms with Gasteiger partial charge in [0.15, 0.2) is 5.82 Å². The van der Waals surface area contributed by atoms with Crippen LogP contribution >= 0.6 is 0 Å². The summed E-state index contributed by atoms with van der Waals surface area (Å²) in [7, 11) is 0. The van der Waals surface area contributed by atoms with Crippen LogP contribution in [0.15, 0.2) is 55.1 Å². The number of amides is 1. The molecule has 3 N–H and O–H groups in total. The van der Waals surface area contributed by atoms with Crippen LogP contribution in [0.5, 0.6) is 0 Å². The van der Waals surface area contributed by atoms with Crippen LogP contribution in [0.3, 0.4) is 0 Å². The van der Waals surface area contributed by atoms with Gasteiger partial charge < -0.3 is 11.1 Å². The van der Waals surface area contributed by atoms with Gasteiger partial charge in [-0.05, 0) is 29.8 Å². The molecule has 0 saturated heterocycles. The zero-order valence-electron chi connectivity index (χ0n) is 11.7. The van der Waals surface area contributed by atoms with Crippen LogP contribution in [0, 0.1) is 0 Å². The second kappa shape index (κ2) is 6.04. The van der Waals surface area contributed by atoms with E-state index in [-0.39, 0.29) is 0 Å². The highest BCUT2D eigenvalue weighted by Gasteiger charge is 2.03. The van der Waals surface area contributed by atoms with Crippen molar-refractivity contribution < 1.29 is 4.79 Å². The molecule has 0 spiro atoms. The number of pyridine rings is 2. The molecule has 0 bridgehead atoms. The first-order valence-corrected chi connectivity index (χ1v) is 6.67. The van der Waals surface area contributed by atoms with Gasteiger partial charge in [0.25, 0.3) is 0 Å². The molecule has 0 unspecified atom stereocenters. The molecular weight excluding hydrogens is 280 g/mol. The number of carbonyl (C=O) groups excluding carboxylic acids is 1. The number of primary amides is 1. The zero-order chi connectivity index (χ0) is 15.4. The number of nitrogens with two attached hydrogens (primary N) is 1. The Bertz CT molecular complexity index is 767. The predicted molar refractivity (Wildman–Crippen MR) is 81.4 cm³/mol. The number of hydrogen-bond donors (Lipinski definition) is 2. The van der Waals surface area contributed by atoms with Gasteiger partial charge in [-0.2, -0.15) is 5.10 Å². The fourth-order valence-electron chi connectivity index (χ4n) is 1.93. The Kier molecular flexibility index (Phi) is 3.78. The zero-order valence-corrected chi connectivity index (χ0v) is 11.7. The first-order chi connectivity index (χ1) is 10.7. The molecular formula is C15H14N6O. The first-order valence-electron chi connectivity index (χ1n) is 6.67. The van der Waals surface area contributed by atoms with E-state index < -0.39 is 5.91 Å². The number of carbonyl (C=O) groups is 1. The maximum atomic E-state index is 11.1. The van der Waals surface area contributed by atoms with E-state index in [1.807, 2.05) is 24.4 Å². The lowest BCUT2D eigenvalue weighted by atomic mass is 10.2. The fourth-order valence-corrected chi connectivity index (χ4v) is 1.93. The third-order valence-electron chi connectivity index (χ3n) is 3.07. The number of anilines is 1. The van der Waals surface area contributed by atoms with Gasteiger partial charge in [-0.15, -0.1) is 0 Å². The Hall–Kier alpha value is -3.22. The molecule has 0 aliphatic carbocycles. The molecule has 0 radical (unpaired) electrons. The lowest BCUT2D eigenvalue weighted by Crippen LogP contribution is -2.12. The highest BCUT2D eigenvalue weighted by atomic mass is 16.1. The van der Waals surface area contributed by atoms with Crippen LogP contribution in [-0.2, 0) is 6.54 Å². The molecule has 0 aliphatic heterocycles. The number of nitrogens with one attached hydrogen (secondary N) is 1. The van der Waals surface area contributed by atoms with Crippen molar-refractivity contribution >= 4 is 11.7 Å².